The minimum Gasteiger partial charge on any atom is -0.550 e. The molecule has 0 spiro atoms. The summed E-state index contributed by atoms with van der Waals surface area (Å²) in [6.07, 6.45) is 37.5. The maximum atomic E-state index is 10.5. The summed E-state index contributed by atoms with van der Waals surface area (Å²) in [6.45, 7) is 7.14. The fraction of sp³-hybridized carbons (Fsp3) is 0.805. The van der Waals surface area contributed by atoms with Gasteiger partial charge in [0.2, 0.25) is 6.67 Å². The third-order valence-corrected chi connectivity index (χ3v) is 9.22. The molecule has 10 nitrogen and oxygen atoms in total. The Morgan fingerprint density at radius 2 is 1.29 bits per heavy atom. The number of rotatable bonds is 37. The molecule has 0 amide bonds. The maximum Gasteiger partial charge on any atom is 0.316 e. The van der Waals surface area contributed by atoms with E-state index in [0.29, 0.717) is 39.0 Å². The van der Waals surface area contributed by atoms with E-state index in [2.05, 4.69) is 45.0 Å². The molecule has 0 saturated heterocycles. The fourth-order valence-corrected chi connectivity index (χ4v) is 6.14. The van der Waals surface area contributed by atoms with Crippen molar-refractivity contribution in [3.05, 3.63) is 30.9 Å². The molecule has 0 aromatic carbocycles. The lowest BCUT2D eigenvalue weighted by Crippen LogP contribution is -2.30. The number of carbonyl (C=O) groups excluding carboxylic acids is 1. The summed E-state index contributed by atoms with van der Waals surface area (Å²) in [5.74, 6) is -0.946. The van der Waals surface area contributed by atoms with Crippen LogP contribution in [0.1, 0.15) is 155 Å². The normalized spacial score (nSPS) is 14.1. The second-order valence-electron chi connectivity index (χ2n) is 14.0. The van der Waals surface area contributed by atoms with E-state index in [4.69, 9.17) is 18.9 Å². The predicted molar refractivity (Wildman–Crippen MR) is 203 cm³/mol. The molecule has 0 radical (unpaired) electrons. The van der Waals surface area contributed by atoms with Gasteiger partial charge in [0.25, 0.3) is 0 Å². The van der Waals surface area contributed by atoms with Gasteiger partial charge in [-0.3, -0.25) is 0 Å². The van der Waals surface area contributed by atoms with Gasteiger partial charge in [-0.25, -0.2) is 9.97 Å². The van der Waals surface area contributed by atoms with E-state index in [-0.39, 0.29) is 12.5 Å². The first-order valence-electron chi connectivity index (χ1n) is 20.6. The molecule has 51 heavy (non-hydrogen) atoms. The molecule has 10 heteroatoms. The summed E-state index contributed by atoms with van der Waals surface area (Å²) in [5, 5.41) is 10.5. The van der Waals surface area contributed by atoms with Crippen LogP contribution in [0.3, 0.4) is 0 Å². The summed E-state index contributed by atoms with van der Waals surface area (Å²) in [7, 11) is 0. The molecule has 1 aromatic heterocycles. The molecule has 1 aliphatic rings. The zero-order chi connectivity index (χ0) is 36.3. The Hall–Kier alpha value is -2.56. The van der Waals surface area contributed by atoms with Crippen molar-refractivity contribution in [1.29, 1.82) is 0 Å². The molecule has 0 saturated carbocycles. The average molecular weight is 717 g/mol. The van der Waals surface area contributed by atoms with Gasteiger partial charge in [-0.1, -0.05) is 122 Å². The second kappa shape index (κ2) is 33.3. The van der Waals surface area contributed by atoms with E-state index in [9.17, 15) is 9.90 Å². The van der Waals surface area contributed by atoms with Gasteiger partial charge in [0.15, 0.2) is 6.20 Å². The van der Waals surface area contributed by atoms with Crippen molar-refractivity contribution >= 4 is 12.2 Å². The molecule has 0 bridgehead atoms. The lowest BCUT2D eigenvalue weighted by Gasteiger charge is -2.18. The maximum absolute atomic E-state index is 10.5. The van der Waals surface area contributed by atoms with Crippen molar-refractivity contribution in [2.45, 2.75) is 161 Å². The standard InChI is InChI=1S/C41H72N4O6/c1-2-3-4-5-6-7-8-9-10-11-12-13-14-17-20-23-32-49-36-39(51-41-42-26-24-27-43-41)37-50-35-34-48-33-31-45-30-29-44(38-45)28-22-19-16-15-18-21-25-40(46)47/h24,26-30,39H,2-23,25,31-38H2,1H3. The van der Waals surface area contributed by atoms with Gasteiger partial charge in [-0.05, 0) is 31.7 Å². The highest BCUT2D eigenvalue weighted by atomic mass is 16.6. The van der Waals surface area contributed by atoms with E-state index in [0.717, 1.165) is 64.8 Å². The van der Waals surface area contributed by atoms with E-state index in [1.54, 1.807) is 18.5 Å². The smallest absolute Gasteiger partial charge is 0.316 e. The Morgan fingerprint density at radius 1 is 0.745 bits per heavy atom. The zero-order valence-electron chi connectivity index (χ0n) is 32.2. The van der Waals surface area contributed by atoms with Crippen LogP contribution in [0.5, 0.6) is 6.01 Å². The molecule has 1 atom stereocenters. The van der Waals surface area contributed by atoms with Gasteiger partial charge in [0.1, 0.15) is 12.3 Å². The first-order valence-corrected chi connectivity index (χ1v) is 20.6. The molecular weight excluding hydrogens is 644 g/mol. The first kappa shape index (κ1) is 44.6. The summed E-state index contributed by atoms with van der Waals surface area (Å²) >= 11 is 0. The van der Waals surface area contributed by atoms with Gasteiger partial charge in [0.05, 0.1) is 39.2 Å². The Bertz CT molecular complexity index is 996. The molecule has 1 aliphatic heterocycles. The molecule has 0 aliphatic carbocycles. The molecule has 0 fully saturated rings. The van der Waals surface area contributed by atoms with Crippen molar-refractivity contribution in [2.75, 3.05) is 52.9 Å². The number of carboxylic acid groups (broad SMARTS) is 1. The monoisotopic (exact) mass is 717 g/mol. The van der Waals surface area contributed by atoms with Crippen LogP contribution < -0.4 is 9.84 Å². The average Bonchev–Trinajstić information content (AvgIpc) is 3.59. The quantitative estimate of drug-likeness (QED) is 0.0503. The largest absolute Gasteiger partial charge is 0.550 e. The Morgan fingerprint density at radius 3 is 1.92 bits per heavy atom. The number of carboxylic acids is 1. The lowest BCUT2D eigenvalue weighted by molar-refractivity contribution is -0.460. The van der Waals surface area contributed by atoms with Gasteiger partial charge in [0, 0.05) is 37.9 Å². The minimum absolute atomic E-state index is 0.173. The fourth-order valence-electron chi connectivity index (χ4n) is 6.14. The molecule has 0 N–H and O–H groups in total. The van der Waals surface area contributed by atoms with Crippen LogP contribution in [0, 0.1) is 0 Å². The van der Waals surface area contributed by atoms with E-state index in [1.807, 2.05) is 0 Å². The lowest BCUT2D eigenvalue weighted by atomic mass is 10.0. The molecule has 292 valence electrons. The van der Waals surface area contributed by atoms with E-state index in [1.165, 1.54) is 96.3 Å². The summed E-state index contributed by atoms with van der Waals surface area (Å²) in [6, 6.07) is 2.11. The number of aliphatic carboxylic acids is 1. The molecular formula is C41H72N4O6. The highest BCUT2D eigenvalue weighted by Crippen LogP contribution is 2.14. The second-order valence-corrected chi connectivity index (χ2v) is 14.0. The van der Waals surface area contributed by atoms with E-state index < -0.39 is 5.97 Å². The van der Waals surface area contributed by atoms with Crippen LogP contribution in [-0.4, -0.2) is 90.6 Å². The van der Waals surface area contributed by atoms with Crippen LogP contribution in [0.2, 0.25) is 0 Å². The predicted octanol–water partition coefficient (Wildman–Crippen LogP) is 7.84. The number of carbonyl (C=O) groups is 1. The van der Waals surface area contributed by atoms with Crippen LogP contribution in [-0.2, 0) is 19.0 Å². The molecule has 2 heterocycles. The van der Waals surface area contributed by atoms with Crippen molar-refractivity contribution in [2.24, 2.45) is 0 Å². The van der Waals surface area contributed by atoms with Gasteiger partial charge < -0.3 is 33.7 Å². The number of nitrogens with zero attached hydrogens (tertiary/aromatic N) is 4. The van der Waals surface area contributed by atoms with Gasteiger partial charge in [-0.2, -0.15) is 4.58 Å². The van der Waals surface area contributed by atoms with Crippen LogP contribution in [0.4, 0.5) is 0 Å². The van der Waals surface area contributed by atoms with E-state index >= 15 is 0 Å². The number of hydrogen-bond acceptors (Lipinski definition) is 9. The van der Waals surface area contributed by atoms with Crippen molar-refractivity contribution in [3.63, 3.8) is 0 Å². The van der Waals surface area contributed by atoms with Crippen molar-refractivity contribution in [3.8, 4) is 6.01 Å². The highest BCUT2D eigenvalue weighted by Gasteiger charge is 2.15. The number of aromatic nitrogens is 2. The molecule has 1 unspecified atom stereocenters. The molecule has 1 aromatic rings. The summed E-state index contributed by atoms with van der Waals surface area (Å²) < 4.78 is 25.9. The number of ether oxygens (including phenoxy) is 4. The topological polar surface area (TPSA) is 109 Å². The Balaban J connectivity index is 1.43. The zero-order valence-corrected chi connectivity index (χ0v) is 32.2. The van der Waals surface area contributed by atoms with Crippen molar-refractivity contribution in [1.82, 2.24) is 14.9 Å². The SMILES string of the molecule is CCCCCCCCCCCCCCCCCCOCC(COCCOCCN1C=C[N+](=CCCCCCCCC(=O)[O-])C1)Oc1ncccn1. The first-order chi connectivity index (χ1) is 25.2. The third-order valence-electron chi connectivity index (χ3n) is 9.22. The minimum atomic E-state index is -0.946. The number of unbranched alkanes of at least 4 members (excludes halogenated alkanes) is 20. The number of hydrogen-bond donors (Lipinski definition) is 0. The van der Waals surface area contributed by atoms with Crippen LogP contribution in [0.15, 0.2) is 30.9 Å². The van der Waals surface area contributed by atoms with Crippen molar-refractivity contribution < 1.29 is 33.4 Å². The third kappa shape index (κ3) is 27.7. The van der Waals surface area contributed by atoms with Crippen LogP contribution in [0.25, 0.3) is 0 Å². The van der Waals surface area contributed by atoms with Gasteiger partial charge in [-0.15, -0.1) is 0 Å². The van der Waals surface area contributed by atoms with Crippen LogP contribution >= 0.6 is 0 Å². The van der Waals surface area contributed by atoms with Gasteiger partial charge >= 0.3 is 6.01 Å². The Kier molecular flexibility index (Phi) is 29.1. The highest BCUT2D eigenvalue weighted by molar-refractivity contribution is 5.64. The Labute approximate surface area is 310 Å². The molecule has 2 rings (SSSR count). The summed E-state index contributed by atoms with van der Waals surface area (Å²) in [4.78, 5) is 21.1. The summed E-state index contributed by atoms with van der Waals surface area (Å²) in [5.41, 5.74) is 0.